The van der Waals surface area contributed by atoms with Crippen LogP contribution in [0.3, 0.4) is 0 Å². The Bertz CT molecular complexity index is 239. The third-order valence-electron chi connectivity index (χ3n) is 1.95. The Morgan fingerprint density at radius 3 is 2.83 bits per heavy atom. The predicted molar refractivity (Wildman–Crippen MR) is 42.3 cm³/mol. The van der Waals surface area contributed by atoms with E-state index in [4.69, 9.17) is 5.11 Å². The highest BCUT2D eigenvalue weighted by Crippen LogP contribution is 2.21. The van der Waals surface area contributed by atoms with Gasteiger partial charge in [-0.05, 0) is 12.8 Å². The van der Waals surface area contributed by atoms with Crippen LogP contribution in [0, 0.1) is 11.8 Å². The quantitative estimate of drug-likeness (QED) is 0.608. The number of hydrogen-bond acceptors (Lipinski definition) is 1. The molecule has 1 atom stereocenters. The van der Waals surface area contributed by atoms with Gasteiger partial charge in [-0.1, -0.05) is 18.3 Å². The zero-order chi connectivity index (χ0) is 9.03. The maximum Gasteiger partial charge on any atom is 0.354 e. The molecule has 0 spiro atoms. The van der Waals surface area contributed by atoms with E-state index in [9.17, 15) is 9.18 Å². The minimum Gasteiger partial charge on any atom is -0.478 e. The van der Waals surface area contributed by atoms with Crippen molar-refractivity contribution in [1.29, 1.82) is 0 Å². The van der Waals surface area contributed by atoms with E-state index in [0.717, 1.165) is 12.8 Å². The molecule has 0 radical (unpaired) electrons. The third-order valence-corrected chi connectivity index (χ3v) is 1.95. The summed E-state index contributed by atoms with van der Waals surface area (Å²) in [7, 11) is 0. The van der Waals surface area contributed by atoms with Crippen LogP contribution in [0.25, 0.3) is 0 Å². The van der Waals surface area contributed by atoms with E-state index >= 15 is 0 Å². The number of aliphatic carboxylic acids is 1. The molecule has 1 aliphatic rings. The summed E-state index contributed by atoms with van der Waals surface area (Å²) in [5.41, 5.74) is -2.29. The minimum absolute atomic E-state index is 0.0231. The van der Waals surface area contributed by atoms with Crippen LogP contribution in [0.2, 0.25) is 0 Å². The van der Waals surface area contributed by atoms with Crippen molar-refractivity contribution in [3.05, 3.63) is 0 Å². The number of halogens is 1. The Hall–Kier alpha value is -1.04. The zero-order valence-electron chi connectivity index (χ0n) is 6.77. The van der Waals surface area contributed by atoms with Crippen molar-refractivity contribution in [1.82, 2.24) is 0 Å². The molecule has 0 fully saturated rings. The molecule has 0 aromatic heterocycles. The Labute approximate surface area is 70.8 Å². The first-order valence-electron chi connectivity index (χ1n) is 4.07. The molecule has 0 amide bonds. The molecule has 0 aromatic rings. The highest BCUT2D eigenvalue weighted by Gasteiger charge is 2.36. The van der Waals surface area contributed by atoms with E-state index in [0.29, 0.717) is 12.8 Å². The number of carboxylic acids is 1. The first-order valence-corrected chi connectivity index (χ1v) is 4.07. The second kappa shape index (κ2) is 3.57. The van der Waals surface area contributed by atoms with Crippen LogP contribution in [0.4, 0.5) is 4.39 Å². The van der Waals surface area contributed by atoms with Crippen LogP contribution in [0.15, 0.2) is 0 Å². The SMILES string of the molecule is O=C(O)C1(F)C#CCCCCC1. The van der Waals surface area contributed by atoms with Gasteiger partial charge in [-0.2, -0.15) is 0 Å². The van der Waals surface area contributed by atoms with E-state index < -0.39 is 11.6 Å². The van der Waals surface area contributed by atoms with Gasteiger partial charge in [0.05, 0.1) is 0 Å². The van der Waals surface area contributed by atoms with Crippen molar-refractivity contribution < 1.29 is 14.3 Å². The fraction of sp³-hybridized carbons (Fsp3) is 0.667. The second-order valence-electron chi connectivity index (χ2n) is 2.97. The number of hydrogen-bond donors (Lipinski definition) is 1. The van der Waals surface area contributed by atoms with Gasteiger partial charge in [-0.25, -0.2) is 9.18 Å². The van der Waals surface area contributed by atoms with Crippen molar-refractivity contribution >= 4 is 5.97 Å². The van der Waals surface area contributed by atoms with Crippen LogP contribution >= 0.6 is 0 Å². The molecule has 0 saturated carbocycles. The van der Waals surface area contributed by atoms with Crippen LogP contribution in [0.5, 0.6) is 0 Å². The third kappa shape index (κ3) is 1.97. The maximum absolute atomic E-state index is 13.4. The molecule has 0 aromatic carbocycles. The van der Waals surface area contributed by atoms with Gasteiger partial charge in [0.1, 0.15) is 0 Å². The van der Waals surface area contributed by atoms with E-state index in [-0.39, 0.29) is 6.42 Å². The average molecular weight is 170 g/mol. The van der Waals surface area contributed by atoms with Gasteiger partial charge < -0.3 is 5.11 Å². The summed E-state index contributed by atoms with van der Waals surface area (Å²) in [5.74, 6) is 3.29. The lowest BCUT2D eigenvalue weighted by Gasteiger charge is -2.14. The lowest BCUT2D eigenvalue weighted by molar-refractivity contribution is -0.147. The monoisotopic (exact) mass is 170 g/mol. The molecule has 3 heteroatoms. The lowest BCUT2D eigenvalue weighted by Crippen LogP contribution is -2.32. The standard InChI is InChI=1S/C9H11FO2/c10-9(8(11)12)6-4-2-1-3-5-7-9/h1-4,6H2,(H,11,12). The first kappa shape index (κ1) is 9.05. The van der Waals surface area contributed by atoms with Gasteiger partial charge in [-0.3, -0.25) is 0 Å². The average Bonchev–Trinajstić information content (AvgIpc) is 1.97. The predicted octanol–water partition coefficient (Wildman–Crippen LogP) is 1.75. The molecule has 1 N–H and O–H groups in total. The van der Waals surface area contributed by atoms with E-state index in [1.54, 1.807) is 0 Å². The molecule has 0 bridgehead atoms. The molecule has 2 nitrogen and oxygen atoms in total. The zero-order valence-corrected chi connectivity index (χ0v) is 6.77. The summed E-state index contributed by atoms with van der Waals surface area (Å²) in [6, 6.07) is 0. The Morgan fingerprint density at radius 2 is 2.17 bits per heavy atom. The van der Waals surface area contributed by atoms with Crippen LogP contribution < -0.4 is 0 Å². The Balaban J connectivity index is 2.77. The molecule has 1 unspecified atom stereocenters. The van der Waals surface area contributed by atoms with Crippen molar-refractivity contribution in [2.45, 2.75) is 37.8 Å². The summed E-state index contributed by atoms with van der Waals surface area (Å²) in [6.45, 7) is 0. The van der Waals surface area contributed by atoms with Gasteiger partial charge in [0.15, 0.2) is 0 Å². The van der Waals surface area contributed by atoms with Crippen molar-refractivity contribution in [2.24, 2.45) is 0 Å². The molecule has 0 aliphatic heterocycles. The molecular formula is C9H11FO2. The Morgan fingerprint density at radius 1 is 1.42 bits per heavy atom. The summed E-state index contributed by atoms with van der Waals surface area (Å²) >= 11 is 0. The highest BCUT2D eigenvalue weighted by molar-refractivity contribution is 5.81. The molecule has 12 heavy (non-hydrogen) atoms. The summed E-state index contributed by atoms with van der Waals surface area (Å²) in [5, 5.41) is 8.54. The summed E-state index contributed by atoms with van der Waals surface area (Å²) in [4.78, 5) is 10.5. The topological polar surface area (TPSA) is 37.3 Å². The smallest absolute Gasteiger partial charge is 0.354 e. The number of carboxylic acid groups (broad SMARTS) is 1. The summed E-state index contributed by atoms with van der Waals surface area (Å²) in [6.07, 6.45) is 3.06. The van der Waals surface area contributed by atoms with Crippen LogP contribution in [-0.4, -0.2) is 16.7 Å². The van der Waals surface area contributed by atoms with Crippen LogP contribution in [0.1, 0.15) is 32.1 Å². The van der Waals surface area contributed by atoms with Crippen molar-refractivity contribution in [3.8, 4) is 11.8 Å². The molecule has 66 valence electrons. The minimum atomic E-state index is -2.29. The largest absolute Gasteiger partial charge is 0.478 e. The van der Waals surface area contributed by atoms with E-state index in [1.165, 1.54) is 0 Å². The normalized spacial score (nSPS) is 29.4. The number of carbonyl (C=O) groups is 1. The molecule has 0 saturated heterocycles. The highest BCUT2D eigenvalue weighted by atomic mass is 19.1. The second-order valence-corrected chi connectivity index (χ2v) is 2.97. The fourth-order valence-corrected chi connectivity index (χ4v) is 1.18. The Kier molecular flexibility index (Phi) is 2.69. The fourth-order valence-electron chi connectivity index (χ4n) is 1.18. The maximum atomic E-state index is 13.4. The van der Waals surface area contributed by atoms with E-state index in [2.05, 4.69) is 11.8 Å². The van der Waals surface area contributed by atoms with Gasteiger partial charge in [0.25, 0.3) is 5.67 Å². The molecule has 1 aliphatic carbocycles. The van der Waals surface area contributed by atoms with Gasteiger partial charge in [-0.15, -0.1) is 0 Å². The molecule has 0 heterocycles. The molecular weight excluding hydrogens is 159 g/mol. The van der Waals surface area contributed by atoms with Crippen molar-refractivity contribution in [3.63, 3.8) is 0 Å². The first-order chi connectivity index (χ1) is 5.65. The van der Waals surface area contributed by atoms with Gasteiger partial charge >= 0.3 is 5.97 Å². The van der Waals surface area contributed by atoms with Crippen LogP contribution in [-0.2, 0) is 4.79 Å². The number of alkyl halides is 1. The lowest BCUT2D eigenvalue weighted by atomic mass is 9.96. The number of rotatable bonds is 1. The van der Waals surface area contributed by atoms with Gasteiger partial charge in [0.2, 0.25) is 0 Å². The molecule has 1 rings (SSSR count). The van der Waals surface area contributed by atoms with Crippen molar-refractivity contribution in [2.75, 3.05) is 0 Å². The summed E-state index contributed by atoms with van der Waals surface area (Å²) < 4.78 is 13.4. The van der Waals surface area contributed by atoms with Gasteiger partial charge in [0, 0.05) is 12.8 Å². The van der Waals surface area contributed by atoms with E-state index in [1.807, 2.05) is 0 Å².